The van der Waals surface area contributed by atoms with Crippen molar-refractivity contribution >= 4 is 22.2 Å². The van der Waals surface area contributed by atoms with E-state index >= 15 is 0 Å². The summed E-state index contributed by atoms with van der Waals surface area (Å²) in [7, 11) is 0. The molecule has 200 valence electrons. The van der Waals surface area contributed by atoms with Crippen LogP contribution in [-0.4, -0.2) is 45.7 Å². The molecule has 1 aliphatic heterocycles. The molecule has 39 heavy (non-hydrogen) atoms. The molecule has 3 aromatic carbocycles. The number of piperazine rings is 1. The quantitative estimate of drug-likeness (QED) is 0.257. The van der Waals surface area contributed by atoms with Crippen LogP contribution in [0.5, 0.6) is 0 Å². The van der Waals surface area contributed by atoms with Gasteiger partial charge in [-0.1, -0.05) is 69.3 Å². The summed E-state index contributed by atoms with van der Waals surface area (Å²) >= 11 is 0. The molecule has 2 aromatic heterocycles. The summed E-state index contributed by atoms with van der Waals surface area (Å²) in [5.41, 5.74) is 7.30. The van der Waals surface area contributed by atoms with Gasteiger partial charge in [0, 0.05) is 49.8 Å². The first-order valence-corrected chi connectivity index (χ1v) is 13.8. The van der Waals surface area contributed by atoms with Crippen molar-refractivity contribution in [1.82, 2.24) is 19.5 Å². The van der Waals surface area contributed by atoms with Crippen molar-refractivity contribution in [2.24, 2.45) is 0 Å². The highest BCUT2D eigenvalue weighted by Gasteiger charge is 2.26. The lowest BCUT2D eigenvalue weighted by Gasteiger charge is -2.37. The maximum atomic E-state index is 13.7. The van der Waals surface area contributed by atoms with Gasteiger partial charge in [0.1, 0.15) is 11.6 Å². The summed E-state index contributed by atoms with van der Waals surface area (Å²) in [5.74, 6) is 0.829. The summed E-state index contributed by atoms with van der Waals surface area (Å²) < 4.78 is 15.7. The SMILES string of the molecule is Cc1ccc2ccccc2c1CN1CCN(c2cc(C(C)(C)C)nc3c(-c4ccc(F)cc4)c(C)nn23)CC1. The Labute approximate surface area is 229 Å². The topological polar surface area (TPSA) is 36.7 Å². The van der Waals surface area contributed by atoms with Crippen molar-refractivity contribution in [2.45, 2.75) is 46.6 Å². The third-order valence-corrected chi connectivity index (χ3v) is 8.00. The number of nitrogens with zero attached hydrogens (tertiary/aromatic N) is 5. The molecule has 0 atom stereocenters. The zero-order chi connectivity index (χ0) is 27.3. The number of fused-ring (bicyclic) bond motifs is 2. The fourth-order valence-corrected chi connectivity index (χ4v) is 5.69. The first kappa shape index (κ1) is 25.5. The van der Waals surface area contributed by atoms with Gasteiger partial charge in [-0.15, -0.1) is 0 Å². The average Bonchev–Trinajstić information content (AvgIpc) is 3.26. The first-order valence-electron chi connectivity index (χ1n) is 13.8. The number of halogens is 1. The Morgan fingerprint density at radius 3 is 2.31 bits per heavy atom. The van der Waals surface area contributed by atoms with E-state index in [9.17, 15) is 4.39 Å². The van der Waals surface area contributed by atoms with E-state index in [2.05, 4.69) is 80.0 Å². The number of hydrogen-bond acceptors (Lipinski definition) is 4. The Morgan fingerprint density at radius 1 is 0.872 bits per heavy atom. The van der Waals surface area contributed by atoms with E-state index < -0.39 is 0 Å². The highest BCUT2D eigenvalue weighted by Crippen LogP contribution is 2.34. The minimum atomic E-state index is -0.242. The molecule has 5 aromatic rings. The molecule has 3 heterocycles. The van der Waals surface area contributed by atoms with Crippen LogP contribution in [-0.2, 0) is 12.0 Å². The van der Waals surface area contributed by atoms with Gasteiger partial charge in [0.25, 0.3) is 0 Å². The monoisotopic (exact) mass is 521 g/mol. The number of aromatic nitrogens is 3. The largest absolute Gasteiger partial charge is 0.354 e. The molecular weight excluding hydrogens is 485 g/mol. The van der Waals surface area contributed by atoms with Crippen LogP contribution in [0, 0.1) is 19.7 Å². The van der Waals surface area contributed by atoms with E-state index in [1.165, 1.54) is 34.0 Å². The molecule has 6 heteroatoms. The summed E-state index contributed by atoms with van der Waals surface area (Å²) in [4.78, 5) is 10.1. The third kappa shape index (κ3) is 4.78. The van der Waals surface area contributed by atoms with Crippen LogP contribution in [0.1, 0.15) is 43.3 Å². The van der Waals surface area contributed by atoms with Gasteiger partial charge in [0.05, 0.1) is 11.4 Å². The van der Waals surface area contributed by atoms with Crippen molar-refractivity contribution in [2.75, 3.05) is 31.1 Å². The Hall–Kier alpha value is -3.77. The number of hydrogen-bond donors (Lipinski definition) is 0. The molecule has 1 saturated heterocycles. The van der Waals surface area contributed by atoms with Crippen molar-refractivity contribution in [1.29, 1.82) is 0 Å². The molecule has 0 N–H and O–H groups in total. The standard InChI is InChI=1S/C33H36FN5/c1-22-10-11-24-8-6-7-9-27(24)28(22)21-37-16-18-38(19-17-37)30-20-29(33(3,4)5)35-32-31(23(2)36-39(30)32)25-12-14-26(34)15-13-25/h6-15,20H,16-19,21H2,1-5H3. The molecule has 1 fully saturated rings. The zero-order valence-electron chi connectivity index (χ0n) is 23.5. The van der Waals surface area contributed by atoms with Crippen LogP contribution in [0.4, 0.5) is 10.2 Å². The van der Waals surface area contributed by atoms with Gasteiger partial charge in [-0.2, -0.15) is 9.61 Å². The highest BCUT2D eigenvalue weighted by molar-refractivity contribution is 5.86. The van der Waals surface area contributed by atoms with Crippen LogP contribution in [0.3, 0.4) is 0 Å². The Balaban J connectivity index is 1.33. The average molecular weight is 522 g/mol. The van der Waals surface area contributed by atoms with E-state index in [-0.39, 0.29) is 11.2 Å². The second-order valence-corrected chi connectivity index (χ2v) is 11.8. The fourth-order valence-electron chi connectivity index (χ4n) is 5.69. The fraction of sp³-hybridized carbons (Fsp3) is 0.333. The van der Waals surface area contributed by atoms with E-state index in [1.54, 1.807) is 0 Å². The van der Waals surface area contributed by atoms with Crippen LogP contribution in [0.15, 0.2) is 66.7 Å². The second kappa shape index (κ2) is 9.76. The minimum Gasteiger partial charge on any atom is -0.354 e. The number of anilines is 1. The molecule has 0 radical (unpaired) electrons. The molecule has 6 rings (SSSR count). The normalized spacial score (nSPS) is 15.0. The predicted molar refractivity (Wildman–Crippen MR) is 158 cm³/mol. The van der Waals surface area contributed by atoms with Crippen molar-refractivity contribution in [3.8, 4) is 11.1 Å². The smallest absolute Gasteiger partial charge is 0.165 e. The Kier molecular flexibility index (Phi) is 6.38. The van der Waals surface area contributed by atoms with Gasteiger partial charge in [-0.05, 0) is 53.4 Å². The van der Waals surface area contributed by atoms with Gasteiger partial charge in [0.15, 0.2) is 5.65 Å². The molecule has 5 nitrogen and oxygen atoms in total. The second-order valence-electron chi connectivity index (χ2n) is 11.8. The summed E-state index contributed by atoms with van der Waals surface area (Å²) in [6.45, 7) is 15.6. The maximum Gasteiger partial charge on any atom is 0.165 e. The van der Waals surface area contributed by atoms with Crippen LogP contribution in [0.25, 0.3) is 27.5 Å². The molecule has 0 unspecified atom stereocenters. The summed E-state index contributed by atoms with van der Waals surface area (Å²) in [6.07, 6.45) is 0. The minimum absolute atomic E-state index is 0.123. The van der Waals surface area contributed by atoms with Crippen LogP contribution >= 0.6 is 0 Å². The molecule has 0 aliphatic carbocycles. The van der Waals surface area contributed by atoms with Gasteiger partial charge < -0.3 is 4.90 Å². The molecule has 0 saturated carbocycles. The lowest BCUT2D eigenvalue weighted by Crippen LogP contribution is -2.46. The van der Waals surface area contributed by atoms with E-state index in [4.69, 9.17) is 10.1 Å². The number of rotatable bonds is 4. The maximum absolute atomic E-state index is 13.7. The number of aryl methyl sites for hydroxylation is 2. The van der Waals surface area contributed by atoms with Crippen LogP contribution in [0.2, 0.25) is 0 Å². The van der Waals surface area contributed by atoms with E-state index in [1.807, 2.05) is 23.6 Å². The third-order valence-electron chi connectivity index (χ3n) is 8.00. The molecular formula is C33H36FN5. The molecule has 1 aliphatic rings. The number of benzene rings is 3. The Morgan fingerprint density at radius 2 is 1.59 bits per heavy atom. The molecule has 0 bridgehead atoms. The molecule has 0 spiro atoms. The van der Waals surface area contributed by atoms with E-state index in [0.717, 1.165) is 66.7 Å². The van der Waals surface area contributed by atoms with Gasteiger partial charge in [0.2, 0.25) is 0 Å². The predicted octanol–water partition coefficient (Wildman–Crippen LogP) is 6.93. The highest BCUT2D eigenvalue weighted by atomic mass is 19.1. The van der Waals surface area contributed by atoms with Crippen molar-refractivity contribution in [3.63, 3.8) is 0 Å². The summed E-state index contributed by atoms with van der Waals surface area (Å²) in [6, 6.07) is 22.0. The zero-order valence-corrected chi connectivity index (χ0v) is 23.5. The first-order chi connectivity index (χ1) is 18.7. The van der Waals surface area contributed by atoms with Crippen LogP contribution < -0.4 is 4.90 Å². The van der Waals surface area contributed by atoms with E-state index in [0.29, 0.717) is 0 Å². The van der Waals surface area contributed by atoms with Gasteiger partial charge in [-0.25, -0.2) is 9.37 Å². The lowest BCUT2D eigenvalue weighted by molar-refractivity contribution is 0.249. The van der Waals surface area contributed by atoms with Crippen molar-refractivity contribution in [3.05, 3.63) is 95.1 Å². The molecule has 0 amide bonds. The van der Waals surface area contributed by atoms with Crippen molar-refractivity contribution < 1.29 is 4.39 Å². The Bertz CT molecular complexity index is 1650. The lowest BCUT2D eigenvalue weighted by atomic mass is 9.91. The van der Waals surface area contributed by atoms with Gasteiger partial charge >= 0.3 is 0 Å². The van der Waals surface area contributed by atoms with Gasteiger partial charge in [-0.3, -0.25) is 4.90 Å². The summed E-state index contributed by atoms with van der Waals surface area (Å²) in [5, 5.41) is 7.60.